The van der Waals surface area contributed by atoms with E-state index in [-0.39, 0.29) is 17.6 Å². The summed E-state index contributed by atoms with van der Waals surface area (Å²) in [5.74, 6) is 1.04. The monoisotopic (exact) mass is 451 g/mol. The summed E-state index contributed by atoms with van der Waals surface area (Å²) in [7, 11) is 0. The predicted octanol–water partition coefficient (Wildman–Crippen LogP) is 4.06. The van der Waals surface area contributed by atoms with Gasteiger partial charge in [-0.1, -0.05) is 30.7 Å². The van der Waals surface area contributed by atoms with Gasteiger partial charge in [0.2, 0.25) is 6.41 Å². The number of hydrogen-bond acceptors (Lipinski definition) is 3. The molecule has 2 amide bonds. The van der Waals surface area contributed by atoms with E-state index in [1.165, 1.54) is 37.0 Å². The average Bonchev–Trinajstić information content (AvgIpc) is 2.80. The zero-order chi connectivity index (χ0) is 23.0. The Hall–Kier alpha value is -2.73. The van der Waals surface area contributed by atoms with Gasteiger partial charge >= 0.3 is 0 Å². The first-order valence-corrected chi connectivity index (χ1v) is 12.2. The van der Waals surface area contributed by atoms with Crippen molar-refractivity contribution in [3.05, 3.63) is 71.0 Å². The number of rotatable bonds is 10. The molecule has 4 rings (SSSR count). The van der Waals surface area contributed by atoms with E-state index in [0.717, 1.165) is 50.0 Å². The average molecular weight is 452 g/mol. The van der Waals surface area contributed by atoms with Gasteiger partial charge in [-0.15, -0.1) is 0 Å². The van der Waals surface area contributed by atoms with Crippen LogP contribution in [0.2, 0.25) is 0 Å². The van der Waals surface area contributed by atoms with Gasteiger partial charge in [-0.05, 0) is 86.0 Å². The Bertz CT molecular complexity index is 904. The van der Waals surface area contributed by atoms with Crippen molar-refractivity contribution in [3.8, 4) is 0 Å². The normalized spacial score (nSPS) is 18.3. The second kappa shape index (κ2) is 11.4. The van der Waals surface area contributed by atoms with E-state index in [2.05, 4.69) is 27.7 Å². The summed E-state index contributed by atoms with van der Waals surface area (Å²) in [5.41, 5.74) is 3.14. The van der Waals surface area contributed by atoms with Crippen LogP contribution in [0.25, 0.3) is 0 Å². The van der Waals surface area contributed by atoms with Crippen molar-refractivity contribution in [1.82, 2.24) is 15.5 Å². The standard InChI is InChI=1S/C27H34FN3O2/c28-25-10-8-22(9-11-25)26(18-29-19-32)23-12-15-31(16-13-23)17-14-30-27(33)24-6-4-21(5-7-24)20-2-1-3-20/h4-11,19-20,23,26H,1-3,12-18H2,(H,29,32)(H,30,33)/t26-/m1/s1. The fourth-order valence-electron chi connectivity index (χ4n) is 5.10. The number of nitrogens with zero attached hydrogens (tertiary/aromatic N) is 1. The fourth-order valence-corrected chi connectivity index (χ4v) is 5.10. The number of halogens is 1. The first-order chi connectivity index (χ1) is 16.1. The Balaban J connectivity index is 1.21. The molecule has 0 radical (unpaired) electrons. The van der Waals surface area contributed by atoms with Gasteiger partial charge in [-0.2, -0.15) is 0 Å². The van der Waals surface area contributed by atoms with Crippen LogP contribution >= 0.6 is 0 Å². The number of carbonyl (C=O) groups is 2. The first kappa shape index (κ1) is 23.4. The second-order valence-electron chi connectivity index (χ2n) is 9.37. The molecule has 2 fully saturated rings. The summed E-state index contributed by atoms with van der Waals surface area (Å²) in [5, 5.41) is 5.86. The molecule has 1 aliphatic heterocycles. The van der Waals surface area contributed by atoms with Crippen LogP contribution in [0.3, 0.4) is 0 Å². The Labute approximate surface area is 195 Å². The Morgan fingerprint density at radius 3 is 2.33 bits per heavy atom. The molecule has 1 saturated heterocycles. The van der Waals surface area contributed by atoms with Crippen LogP contribution in [0.1, 0.15) is 65.4 Å². The molecule has 0 spiro atoms. The van der Waals surface area contributed by atoms with Gasteiger partial charge in [-0.3, -0.25) is 9.59 Å². The van der Waals surface area contributed by atoms with E-state index in [1.54, 1.807) is 0 Å². The highest BCUT2D eigenvalue weighted by molar-refractivity contribution is 5.94. The third-order valence-electron chi connectivity index (χ3n) is 7.38. The quantitative estimate of drug-likeness (QED) is 0.536. The lowest BCUT2D eigenvalue weighted by Crippen LogP contribution is -2.41. The number of piperidine rings is 1. The molecule has 6 heteroatoms. The van der Waals surface area contributed by atoms with Crippen molar-refractivity contribution in [1.29, 1.82) is 0 Å². The number of amides is 2. The summed E-state index contributed by atoms with van der Waals surface area (Å²) < 4.78 is 13.3. The van der Waals surface area contributed by atoms with Gasteiger partial charge in [0.15, 0.2) is 0 Å². The Morgan fingerprint density at radius 2 is 1.73 bits per heavy atom. The van der Waals surface area contributed by atoms with Crippen LogP contribution in [0.4, 0.5) is 4.39 Å². The number of hydrogen-bond donors (Lipinski definition) is 2. The molecule has 1 atom stereocenters. The lowest BCUT2D eigenvalue weighted by molar-refractivity contribution is -0.109. The van der Waals surface area contributed by atoms with E-state index in [4.69, 9.17) is 0 Å². The van der Waals surface area contributed by atoms with Crippen LogP contribution in [0, 0.1) is 11.7 Å². The lowest BCUT2D eigenvalue weighted by Gasteiger charge is -2.36. The molecule has 2 aromatic carbocycles. The molecule has 1 saturated carbocycles. The molecule has 1 aliphatic carbocycles. The smallest absolute Gasteiger partial charge is 0.251 e. The molecule has 176 valence electrons. The van der Waals surface area contributed by atoms with E-state index in [9.17, 15) is 14.0 Å². The zero-order valence-corrected chi connectivity index (χ0v) is 19.1. The number of benzene rings is 2. The fraction of sp³-hybridized carbons (Fsp3) is 0.481. The molecular formula is C27H34FN3O2. The molecule has 2 aliphatic rings. The molecule has 2 N–H and O–H groups in total. The van der Waals surface area contributed by atoms with Crippen molar-refractivity contribution < 1.29 is 14.0 Å². The molecule has 5 nitrogen and oxygen atoms in total. The van der Waals surface area contributed by atoms with Crippen molar-refractivity contribution in [2.24, 2.45) is 5.92 Å². The summed E-state index contributed by atoms with van der Waals surface area (Å²) in [6.45, 7) is 3.93. The number of likely N-dealkylation sites (tertiary alicyclic amines) is 1. The molecule has 33 heavy (non-hydrogen) atoms. The lowest BCUT2D eigenvalue weighted by atomic mass is 9.80. The third kappa shape index (κ3) is 6.20. The minimum absolute atomic E-state index is 0.0126. The van der Waals surface area contributed by atoms with Crippen LogP contribution in [-0.4, -0.2) is 49.9 Å². The summed E-state index contributed by atoms with van der Waals surface area (Å²) >= 11 is 0. The molecule has 0 unspecified atom stereocenters. The number of nitrogens with one attached hydrogen (secondary N) is 2. The SMILES string of the molecule is O=CNC[C@H](c1ccc(F)cc1)C1CCN(CCNC(=O)c2ccc(C3CCC3)cc2)CC1. The minimum Gasteiger partial charge on any atom is -0.358 e. The minimum atomic E-state index is -0.244. The zero-order valence-electron chi connectivity index (χ0n) is 19.1. The van der Waals surface area contributed by atoms with E-state index in [1.807, 2.05) is 24.3 Å². The molecule has 0 aromatic heterocycles. The van der Waals surface area contributed by atoms with Crippen LogP contribution in [0.15, 0.2) is 48.5 Å². The topological polar surface area (TPSA) is 61.4 Å². The van der Waals surface area contributed by atoms with Crippen LogP contribution < -0.4 is 10.6 Å². The van der Waals surface area contributed by atoms with Crippen LogP contribution in [-0.2, 0) is 4.79 Å². The molecule has 1 heterocycles. The van der Waals surface area contributed by atoms with Gasteiger partial charge in [0.05, 0.1) is 0 Å². The predicted molar refractivity (Wildman–Crippen MR) is 128 cm³/mol. The van der Waals surface area contributed by atoms with E-state index < -0.39 is 0 Å². The van der Waals surface area contributed by atoms with Crippen molar-refractivity contribution in [2.45, 2.75) is 43.9 Å². The van der Waals surface area contributed by atoms with Gasteiger partial charge in [-0.25, -0.2) is 4.39 Å². The maximum Gasteiger partial charge on any atom is 0.251 e. The van der Waals surface area contributed by atoms with Crippen molar-refractivity contribution in [2.75, 3.05) is 32.7 Å². The summed E-state index contributed by atoms with van der Waals surface area (Å²) in [6, 6.07) is 14.7. The van der Waals surface area contributed by atoms with Gasteiger partial charge in [0.1, 0.15) is 5.82 Å². The maximum absolute atomic E-state index is 13.3. The van der Waals surface area contributed by atoms with E-state index in [0.29, 0.717) is 24.9 Å². The summed E-state index contributed by atoms with van der Waals surface area (Å²) in [4.78, 5) is 25.7. The molecule has 0 bridgehead atoms. The van der Waals surface area contributed by atoms with E-state index >= 15 is 0 Å². The largest absolute Gasteiger partial charge is 0.358 e. The van der Waals surface area contributed by atoms with Gasteiger partial charge in [0, 0.05) is 31.1 Å². The highest BCUT2D eigenvalue weighted by Crippen LogP contribution is 2.36. The molecular weight excluding hydrogens is 417 g/mol. The first-order valence-electron chi connectivity index (χ1n) is 12.2. The number of carbonyl (C=O) groups excluding carboxylic acids is 2. The highest BCUT2D eigenvalue weighted by atomic mass is 19.1. The van der Waals surface area contributed by atoms with Gasteiger partial charge < -0.3 is 15.5 Å². The van der Waals surface area contributed by atoms with Gasteiger partial charge in [0.25, 0.3) is 5.91 Å². The second-order valence-corrected chi connectivity index (χ2v) is 9.37. The maximum atomic E-state index is 13.3. The summed E-state index contributed by atoms with van der Waals surface area (Å²) in [6.07, 6.45) is 6.60. The van der Waals surface area contributed by atoms with Crippen LogP contribution in [0.5, 0.6) is 0 Å². The Morgan fingerprint density at radius 1 is 1.03 bits per heavy atom. The van der Waals surface area contributed by atoms with Crippen molar-refractivity contribution >= 4 is 12.3 Å². The Kier molecular flexibility index (Phi) is 8.10. The molecule has 2 aromatic rings. The third-order valence-corrected chi connectivity index (χ3v) is 7.38. The van der Waals surface area contributed by atoms with Crippen molar-refractivity contribution in [3.63, 3.8) is 0 Å². The highest BCUT2D eigenvalue weighted by Gasteiger charge is 2.27.